The second kappa shape index (κ2) is 12.3. The van der Waals surface area contributed by atoms with Gasteiger partial charge in [-0.3, -0.25) is 4.79 Å². The zero-order valence-electron chi connectivity index (χ0n) is 23.7. The number of hydrogen-bond donors (Lipinski definition) is 2. The van der Waals surface area contributed by atoms with E-state index in [2.05, 4.69) is 93.9 Å². The fourth-order valence-electron chi connectivity index (χ4n) is 6.72. The van der Waals surface area contributed by atoms with Crippen LogP contribution < -0.4 is 15.5 Å². The van der Waals surface area contributed by atoms with Gasteiger partial charge in [0.1, 0.15) is 0 Å². The molecule has 1 aromatic heterocycles. The molecular weight excluding hydrogens is 492 g/mol. The molecule has 40 heavy (non-hydrogen) atoms. The number of fused-ring (bicyclic) bond motifs is 1. The third-order valence-corrected chi connectivity index (χ3v) is 8.84. The lowest BCUT2D eigenvalue weighted by molar-refractivity contribution is -0.116. The van der Waals surface area contributed by atoms with Gasteiger partial charge in [-0.15, -0.1) is 0 Å². The Morgan fingerprint density at radius 3 is 2.50 bits per heavy atom. The second-order valence-corrected chi connectivity index (χ2v) is 11.8. The van der Waals surface area contributed by atoms with E-state index in [0.717, 1.165) is 44.3 Å². The molecule has 5 heteroatoms. The molecule has 1 unspecified atom stereocenters. The average molecular weight is 535 g/mol. The fourth-order valence-corrected chi connectivity index (χ4v) is 6.72. The number of piperazine rings is 1. The van der Waals surface area contributed by atoms with Crippen molar-refractivity contribution in [2.75, 3.05) is 36.4 Å². The Morgan fingerprint density at radius 1 is 0.950 bits per heavy atom. The Morgan fingerprint density at radius 2 is 1.73 bits per heavy atom. The smallest absolute Gasteiger partial charge is 0.225 e. The summed E-state index contributed by atoms with van der Waals surface area (Å²) in [5.74, 6) is 0.769. The Balaban J connectivity index is 1.26. The number of amides is 1. The quantitative estimate of drug-likeness (QED) is 0.253. The molecule has 1 aliphatic heterocycles. The van der Waals surface area contributed by atoms with Gasteiger partial charge in [0.25, 0.3) is 0 Å². The molecule has 1 saturated heterocycles. The van der Waals surface area contributed by atoms with Crippen molar-refractivity contribution in [2.24, 2.45) is 5.92 Å². The van der Waals surface area contributed by atoms with Crippen LogP contribution in [-0.4, -0.2) is 36.7 Å². The minimum Gasteiger partial charge on any atom is -0.369 e. The molecule has 0 radical (unpaired) electrons. The normalized spacial score (nSPS) is 17.2. The average Bonchev–Trinajstić information content (AvgIpc) is 3.35. The third kappa shape index (κ3) is 6.10. The van der Waals surface area contributed by atoms with Gasteiger partial charge in [-0.1, -0.05) is 67.3 Å². The predicted molar refractivity (Wildman–Crippen MR) is 166 cm³/mol. The molecule has 2 aliphatic rings. The number of aromatic nitrogens is 1. The molecular formula is C35H42N4O. The van der Waals surface area contributed by atoms with Crippen LogP contribution in [0.25, 0.3) is 10.9 Å². The van der Waals surface area contributed by atoms with E-state index in [0.29, 0.717) is 6.42 Å². The van der Waals surface area contributed by atoms with E-state index >= 15 is 0 Å². The van der Waals surface area contributed by atoms with Crippen molar-refractivity contribution in [1.82, 2.24) is 9.88 Å². The molecule has 5 nitrogen and oxygen atoms in total. The van der Waals surface area contributed by atoms with Crippen LogP contribution in [0.4, 0.5) is 11.4 Å². The van der Waals surface area contributed by atoms with Crippen LogP contribution in [0.2, 0.25) is 0 Å². The lowest BCUT2D eigenvalue weighted by atomic mass is 9.87. The highest BCUT2D eigenvalue weighted by molar-refractivity contribution is 5.93. The summed E-state index contributed by atoms with van der Waals surface area (Å²) in [4.78, 5) is 16.0. The summed E-state index contributed by atoms with van der Waals surface area (Å²) >= 11 is 0. The molecule has 1 saturated carbocycles. The molecule has 0 bridgehead atoms. The first-order chi connectivity index (χ1) is 19.6. The van der Waals surface area contributed by atoms with E-state index in [-0.39, 0.29) is 11.8 Å². The van der Waals surface area contributed by atoms with Crippen LogP contribution >= 0.6 is 0 Å². The summed E-state index contributed by atoms with van der Waals surface area (Å²) in [6.45, 7) is 7.24. The van der Waals surface area contributed by atoms with Crippen LogP contribution in [-0.2, 0) is 11.3 Å². The van der Waals surface area contributed by atoms with Crippen molar-refractivity contribution in [1.29, 1.82) is 0 Å². The maximum Gasteiger partial charge on any atom is 0.225 e. The van der Waals surface area contributed by atoms with E-state index < -0.39 is 0 Å². The third-order valence-electron chi connectivity index (χ3n) is 8.84. The van der Waals surface area contributed by atoms with E-state index in [1.165, 1.54) is 65.4 Å². The van der Waals surface area contributed by atoms with Gasteiger partial charge in [-0.25, -0.2) is 0 Å². The number of benzene rings is 3. The number of hydrogen-bond acceptors (Lipinski definition) is 3. The largest absolute Gasteiger partial charge is 0.369 e. The van der Waals surface area contributed by atoms with Crippen molar-refractivity contribution >= 4 is 28.2 Å². The summed E-state index contributed by atoms with van der Waals surface area (Å²) in [6, 6.07) is 25.7. The van der Waals surface area contributed by atoms with Gasteiger partial charge in [-0.05, 0) is 67.1 Å². The van der Waals surface area contributed by atoms with Crippen molar-refractivity contribution in [2.45, 2.75) is 57.9 Å². The Hall–Kier alpha value is -3.57. The van der Waals surface area contributed by atoms with Gasteiger partial charge in [0.15, 0.2) is 0 Å². The summed E-state index contributed by atoms with van der Waals surface area (Å²) in [5, 5.41) is 7.87. The molecule has 6 rings (SSSR count). The minimum absolute atomic E-state index is 0.0162. The first kappa shape index (κ1) is 26.6. The van der Waals surface area contributed by atoms with Gasteiger partial charge in [-0.2, -0.15) is 0 Å². The number of nitrogens with zero attached hydrogens (tertiary/aromatic N) is 2. The van der Waals surface area contributed by atoms with Gasteiger partial charge in [0.05, 0.1) is 0 Å². The van der Waals surface area contributed by atoms with Crippen LogP contribution in [0.3, 0.4) is 0 Å². The molecule has 2 heterocycles. The molecule has 2 N–H and O–H groups in total. The number of aryl methyl sites for hydroxylation is 1. The lowest BCUT2D eigenvalue weighted by Gasteiger charge is -2.29. The lowest BCUT2D eigenvalue weighted by Crippen LogP contribution is -2.43. The predicted octanol–water partition coefficient (Wildman–Crippen LogP) is 7.10. The highest BCUT2D eigenvalue weighted by atomic mass is 16.1. The molecule has 208 valence electrons. The second-order valence-electron chi connectivity index (χ2n) is 11.8. The van der Waals surface area contributed by atoms with Gasteiger partial charge in [0.2, 0.25) is 5.91 Å². The Labute approximate surface area is 238 Å². The van der Waals surface area contributed by atoms with E-state index in [1.807, 2.05) is 12.1 Å². The van der Waals surface area contributed by atoms with Crippen LogP contribution in [0.5, 0.6) is 0 Å². The van der Waals surface area contributed by atoms with Crippen LogP contribution in [0.1, 0.15) is 61.1 Å². The molecule has 4 aromatic rings. The Kier molecular flexibility index (Phi) is 8.19. The maximum absolute atomic E-state index is 13.6. The molecule has 0 spiro atoms. The number of nitrogens with one attached hydrogen (secondary N) is 2. The number of anilines is 2. The maximum atomic E-state index is 13.6. The van der Waals surface area contributed by atoms with Crippen molar-refractivity contribution in [3.63, 3.8) is 0 Å². The first-order valence-corrected chi connectivity index (χ1v) is 15.1. The fraction of sp³-hybridized carbons (Fsp3) is 0.400. The summed E-state index contributed by atoms with van der Waals surface area (Å²) < 4.78 is 2.47. The minimum atomic E-state index is -0.0162. The van der Waals surface area contributed by atoms with Crippen molar-refractivity contribution in [3.05, 3.63) is 95.7 Å². The number of para-hydroxylation sites is 1. The van der Waals surface area contributed by atoms with E-state index in [1.54, 1.807) is 0 Å². The van der Waals surface area contributed by atoms with E-state index in [9.17, 15) is 4.79 Å². The number of rotatable bonds is 8. The summed E-state index contributed by atoms with van der Waals surface area (Å²) in [7, 11) is 0. The van der Waals surface area contributed by atoms with Crippen LogP contribution in [0.15, 0.2) is 79.0 Å². The monoisotopic (exact) mass is 534 g/mol. The van der Waals surface area contributed by atoms with E-state index in [4.69, 9.17) is 0 Å². The van der Waals surface area contributed by atoms with Crippen LogP contribution in [0, 0.1) is 12.8 Å². The van der Waals surface area contributed by atoms with Gasteiger partial charge >= 0.3 is 0 Å². The topological polar surface area (TPSA) is 49.3 Å². The highest BCUT2D eigenvalue weighted by Gasteiger charge is 2.24. The molecule has 1 atom stereocenters. The molecule has 1 aliphatic carbocycles. The molecule has 2 fully saturated rings. The Bertz CT molecular complexity index is 1430. The standard InChI is InChI=1S/C35H42N4O/c1-26-8-7-11-28(22-26)32(23-35(40)37-29-14-16-30(17-15-29)38-20-18-36-19-21-38)33-25-39(24-27-9-3-2-4-10-27)34-13-6-5-12-31(33)34/h5-8,11-17,22,25,27,32,36H,2-4,9-10,18-21,23-24H2,1H3,(H,37,40). The first-order valence-electron chi connectivity index (χ1n) is 15.1. The zero-order chi connectivity index (χ0) is 27.3. The van der Waals surface area contributed by atoms with Crippen molar-refractivity contribution < 1.29 is 4.79 Å². The summed E-state index contributed by atoms with van der Waals surface area (Å²) in [5.41, 5.74) is 7.02. The SMILES string of the molecule is Cc1cccc(C(CC(=O)Nc2ccc(N3CCNCC3)cc2)c2cn(CC3CCCCC3)c3ccccc23)c1. The van der Waals surface area contributed by atoms with Gasteiger partial charge in [0, 0.05) is 73.5 Å². The molecule has 1 amide bonds. The number of carbonyl (C=O) groups excluding carboxylic acids is 1. The van der Waals surface area contributed by atoms with Crippen molar-refractivity contribution in [3.8, 4) is 0 Å². The highest BCUT2D eigenvalue weighted by Crippen LogP contribution is 2.37. The zero-order valence-corrected chi connectivity index (χ0v) is 23.7. The summed E-state index contributed by atoms with van der Waals surface area (Å²) in [6.07, 6.45) is 9.45. The van der Waals surface area contributed by atoms with Gasteiger partial charge < -0.3 is 20.1 Å². The number of carbonyl (C=O) groups is 1. The molecule has 3 aromatic carbocycles.